The molecule has 3 rings (SSSR count). The maximum atomic E-state index is 12.4. The molecule has 0 saturated carbocycles. The van der Waals surface area contributed by atoms with Gasteiger partial charge in [-0.3, -0.25) is 4.79 Å². The van der Waals surface area contributed by atoms with Gasteiger partial charge in [-0.15, -0.1) is 0 Å². The first kappa shape index (κ1) is 21.1. The van der Waals surface area contributed by atoms with E-state index in [1.54, 1.807) is 25.3 Å². The second-order valence-electron chi connectivity index (χ2n) is 6.87. The molecule has 156 valence electrons. The number of ether oxygens (including phenoxy) is 2. The molecule has 1 amide bonds. The maximum Gasteiger partial charge on any atom is 0.262 e. The van der Waals surface area contributed by atoms with Crippen LogP contribution in [0.25, 0.3) is 0 Å². The molecule has 0 spiro atoms. The van der Waals surface area contributed by atoms with E-state index < -0.39 is 10.0 Å². The number of sulfonamides is 1. The first-order valence-electron chi connectivity index (χ1n) is 9.58. The van der Waals surface area contributed by atoms with Crippen LogP contribution in [0.3, 0.4) is 0 Å². The number of hydrogen-bond acceptors (Lipinski definition) is 5. The number of carbonyl (C=O) groups is 1. The fraction of sp³-hybridized carbons (Fsp3) is 0.381. The van der Waals surface area contributed by atoms with Crippen LogP contribution in [-0.4, -0.2) is 44.6 Å². The predicted octanol–water partition coefficient (Wildman–Crippen LogP) is 2.81. The molecule has 0 saturated heterocycles. The Morgan fingerprint density at radius 1 is 1.14 bits per heavy atom. The van der Waals surface area contributed by atoms with Gasteiger partial charge < -0.3 is 14.8 Å². The second-order valence-corrected chi connectivity index (χ2v) is 8.96. The van der Waals surface area contributed by atoms with Gasteiger partial charge in [-0.1, -0.05) is 25.1 Å². The summed E-state index contributed by atoms with van der Waals surface area (Å²) in [4.78, 5) is 12.3. The van der Waals surface area contributed by atoms with Crippen molar-refractivity contribution < 1.29 is 22.7 Å². The van der Waals surface area contributed by atoms with Crippen molar-refractivity contribution in [3.8, 4) is 11.5 Å². The lowest BCUT2D eigenvalue weighted by Crippen LogP contribution is -2.37. The van der Waals surface area contributed by atoms with Gasteiger partial charge in [0.1, 0.15) is 0 Å². The summed E-state index contributed by atoms with van der Waals surface area (Å²) in [6.07, 6.45) is 1.26. The lowest BCUT2D eigenvalue weighted by molar-refractivity contribution is -0.118. The Kier molecular flexibility index (Phi) is 6.76. The third kappa shape index (κ3) is 5.27. The van der Waals surface area contributed by atoms with Crippen LogP contribution in [0, 0.1) is 0 Å². The van der Waals surface area contributed by atoms with Crippen LogP contribution in [0.1, 0.15) is 24.5 Å². The molecule has 1 aliphatic heterocycles. The van der Waals surface area contributed by atoms with Crippen molar-refractivity contribution in [1.29, 1.82) is 0 Å². The fourth-order valence-corrected chi connectivity index (χ4v) is 4.79. The Labute approximate surface area is 171 Å². The van der Waals surface area contributed by atoms with Crippen LogP contribution in [0.2, 0.25) is 0 Å². The number of amides is 1. The van der Waals surface area contributed by atoms with Gasteiger partial charge in [-0.25, -0.2) is 8.42 Å². The molecule has 0 atom stereocenters. The number of hydrogen-bond donors (Lipinski definition) is 1. The summed E-state index contributed by atoms with van der Waals surface area (Å²) in [5, 5.41) is 2.81. The summed E-state index contributed by atoms with van der Waals surface area (Å²) < 4.78 is 37.0. The van der Waals surface area contributed by atoms with E-state index in [1.165, 1.54) is 4.31 Å². The number of anilines is 1. The van der Waals surface area contributed by atoms with Crippen molar-refractivity contribution in [1.82, 2.24) is 4.31 Å². The molecule has 7 nitrogen and oxygen atoms in total. The summed E-state index contributed by atoms with van der Waals surface area (Å²) in [6.45, 7) is 2.53. The van der Waals surface area contributed by atoms with Gasteiger partial charge in [0.2, 0.25) is 10.0 Å². The molecule has 0 radical (unpaired) electrons. The van der Waals surface area contributed by atoms with Gasteiger partial charge in [0.15, 0.2) is 18.1 Å². The van der Waals surface area contributed by atoms with E-state index in [9.17, 15) is 13.2 Å². The van der Waals surface area contributed by atoms with Crippen molar-refractivity contribution >= 4 is 21.6 Å². The third-order valence-corrected chi connectivity index (χ3v) is 6.77. The molecule has 2 aromatic carbocycles. The van der Waals surface area contributed by atoms with Crippen molar-refractivity contribution in [2.24, 2.45) is 0 Å². The smallest absolute Gasteiger partial charge is 0.262 e. The van der Waals surface area contributed by atoms with E-state index >= 15 is 0 Å². The first-order valence-corrected chi connectivity index (χ1v) is 11.2. The summed E-state index contributed by atoms with van der Waals surface area (Å²) in [5.41, 5.74) is 2.64. The molecular formula is C21H26N2O5S. The largest absolute Gasteiger partial charge is 0.493 e. The number of rotatable bonds is 8. The van der Waals surface area contributed by atoms with Crippen LogP contribution < -0.4 is 14.8 Å². The molecule has 0 unspecified atom stereocenters. The maximum absolute atomic E-state index is 12.4. The van der Waals surface area contributed by atoms with Crippen LogP contribution >= 0.6 is 0 Å². The van der Waals surface area contributed by atoms with Gasteiger partial charge in [0, 0.05) is 18.8 Å². The topological polar surface area (TPSA) is 84.9 Å². The number of para-hydroxylation sites is 2. The number of benzene rings is 2. The van der Waals surface area contributed by atoms with Gasteiger partial charge >= 0.3 is 0 Å². The SMILES string of the molecule is CCCS(=O)(=O)N1CCc2ccc(NC(=O)COc3ccccc3OC)cc2C1. The normalized spacial score (nSPS) is 14.1. The minimum absolute atomic E-state index is 0.152. The number of fused-ring (bicyclic) bond motifs is 1. The number of nitrogens with zero attached hydrogens (tertiary/aromatic N) is 1. The lowest BCUT2D eigenvalue weighted by Gasteiger charge is -2.28. The molecule has 1 N–H and O–H groups in total. The Balaban J connectivity index is 1.63. The molecule has 0 aliphatic carbocycles. The van der Waals surface area contributed by atoms with Gasteiger partial charge in [-0.05, 0) is 48.2 Å². The lowest BCUT2D eigenvalue weighted by atomic mass is 10.0. The predicted molar refractivity (Wildman–Crippen MR) is 112 cm³/mol. The summed E-state index contributed by atoms with van der Waals surface area (Å²) >= 11 is 0. The van der Waals surface area contributed by atoms with Crippen LogP contribution in [0.5, 0.6) is 11.5 Å². The highest BCUT2D eigenvalue weighted by Gasteiger charge is 2.26. The second kappa shape index (κ2) is 9.28. The molecule has 2 aromatic rings. The standard InChI is InChI=1S/C21H26N2O5S/c1-3-12-29(25,26)23-11-10-16-8-9-18(13-17(16)14-23)22-21(24)15-28-20-7-5-4-6-19(20)27-2/h4-9,13H,3,10-12,14-15H2,1-2H3,(H,22,24). The molecule has 0 bridgehead atoms. The Hall–Kier alpha value is -2.58. The highest BCUT2D eigenvalue weighted by Crippen LogP contribution is 2.26. The minimum atomic E-state index is -3.24. The fourth-order valence-electron chi connectivity index (χ4n) is 3.31. The third-order valence-electron chi connectivity index (χ3n) is 4.75. The Morgan fingerprint density at radius 2 is 1.90 bits per heavy atom. The van der Waals surface area contributed by atoms with Gasteiger partial charge in [0.05, 0.1) is 12.9 Å². The van der Waals surface area contributed by atoms with E-state index in [0.717, 1.165) is 11.1 Å². The zero-order valence-electron chi connectivity index (χ0n) is 16.7. The quantitative estimate of drug-likeness (QED) is 0.713. The zero-order chi connectivity index (χ0) is 20.9. The van der Waals surface area contributed by atoms with E-state index in [2.05, 4.69) is 5.32 Å². The summed E-state index contributed by atoms with van der Waals surface area (Å²) in [6, 6.07) is 12.7. The molecule has 1 aliphatic rings. The minimum Gasteiger partial charge on any atom is -0.493 e. The van der Waals surface area contributed by atoms with Crippen LogP contribution in [0.15, 0.2) is 42.5 Å². The Bertz CT molecular complexity index is 975. The van der Waals surface area contributed by atoms with Crippen molar-refractivity contribution in [3.05, 3.63) is 53.6 Å². The van der Waals surface area contributed by atoms with Crippen molar-refractivity contribution in [3.63, 3.8) is 0 Å². The zero-order valence-corrected chi connectivity index (χ0v) is 17.5. The van der Waals surface area contributed by atoms with Crippen molar-refractivity contribution in [2.45, 2.75) is 26.3 Å². The molecule has 8 heteroatoms. The number of nitrogens with one attached hydrogen (secondary N) is 1. The molecule has 29 heavy (non-hydrogen) atoms. The average Bonchev–Trinajstić information content (AvgIpc) is 2.72. The monoisotopic (exact) mass is 418 g/mol. The highest BCUT2D eigenvalue weighted by molar-refractivity contribution is 7.89. The molecule has 0 aromatic heterocycles. The molecule has 1 heterocycles. The average molecular weight is 419 g/mol. The molecule has 0 fully saturated rings. The summed E-state index contributed by atoms with van der Waals surface area (Å²) in [7, 11) is -1.70. The number of methoxy groups -OCH3 is 1. The van der Waals surface area contributed by atoms with Crippen LogP contribution in [0.4, 0.5) is 5.69 Å². The van der Waals surface area contributed by atoms with E-state index in [1.807, 2.05) is 31.2 Å². The van der Waals surface area contributed by atoms with Crippen LogP contribution in [-0.2, 0) is 27.8 Å². The highest BCUT2D eigenvalue weighted by atomic mass is 32.2. The number of carbonyl (C=O) groups excluding carboxylic acids is 1. The van der Waals surface area contributed by atoms with Gasteiger partial charge in [0.25, 0.3) is 5.91 Å². The summed E-state index contributed by atoms with van der Waals surface area (Å²) in [5.74, 6) is 0.899. The Morgan fingerprint density at radius 3 is 2.62 bits per heavy atom. The van der Waals surface area contributed by atoms with E-state index in [-0.39, 0.29) is 18.3 Å². The molecular weight excluding hydrogens is 392 g/mol. The van der Waals surface area contributed by atoms with E-state index in [0.29, 0.717) is 43.1 Å². The van der Waals surface area contributed by atoms with E-state index in [4.69, 9.17) is 9.47 Å². The van der Waals surface area contributed by atoms with Gasteiger partial charge in [-0.2, -0.15) is 4.31 Å². The first-order chi connectivity index (χ1) is 13.9. The van der Waals surface area contributed by atoms with Crippen molar-refractivity contribution in [2.75, 3.05) is 31.3 Å².